The van der Waals surface area contributed by atoms with Crippen LogP contribution in [-0.2, 0) is 10.3 Å². The number of cyclic esters (lactones) is 1. The summed E-state index contributed by atoms with van der Waals surface area (Å²) in [6, 6.07) is 8.00. The van der Waals surface area contributed by atoms with Gasteiger partial charge in [0.2, 0.25) is 0 Å². The van der Waals surface area contributed by atoms with E-state index in [0.717, 1.165) is 23.3 Å². The highest BCUT2D eigenvalue weighted by Gasteiger charge is 2.39. The molecular weight excluding hydrogens is 208 g/mol. The first kappa shape index (κ1) is 10.6. The number of carbonyl (C=O) groups excluding carboxylic acids is 1. The van der Waals surface area contributed by atoms with Crippen LogP contribution in [0.4, 0.5) is 4.79 Å². The molecule has 1 aromatic carbocycles. The lowest BCUT2D eigenvalue weighted by Gasteiger charge is -2.36. The molecule has 0 spiro atoms. The molecule has 2 nitrogen and oxygen atoms in total. The number of benzene rings is 1. The molecule has 0 aliphatic carbocycles. The topological polar surface area (TPSA) is 26.3 Å². The summed E-state index contributed by atoms with van der Waals surface area (Å²) in [5, 5.41) is -0.183. The third-order valence-electron chi connectivity index (χ3n) is 2.99. The first-order valence-electron chi connectivity index (χ1n) is 5.22. The van der Waals surface area contributed by atoms with Crippen LogP contribution in [0.5, 0.6) is 0 Å². The van der Waals surface area contributed by atoms with Gasteiger partial charge in [-0.15, -0.1) is 0 Å². The summed E-state index contributed by atoms with van der Waals surface area (Å²) in [7, 11) is 0. The Morgan fingerprint density at radius 2 is 1.93 bits per heavy atom. The standard InChI is InChI=1S/C12H14O2S/c1-3-12(4-2)9-7-5-6-8-10(9)15-11(13)14-12/h5-8H,3-4H2,1-2H3. The van der Waals surface area contributed by atoms with Gasteiger partial charge >= 0.3 is 5.30 Å². The van der Waals surface area contributed by atoms with Gasteiger partial charge in [-0.2, -0.15) is 0 Å². The van der Waals surface area contributed by atoms with Crippen molar-refractivity contribution < 1.29 is 9.53 Å². The molecule has 1 aliphatic rings. The van der Waals surface area contributed by atoms with Gasteiger partial charge in [-0.3, -0.25) is 0 Å². The van der Waals surface area contributed by atoms with Crippen LogP contribution >= 0.6 is 11.8 Å². The number of hydrogen-bond donors (Lipinski definition) is 0. The van der Waals surface area contributed by atoms with Crippen LogP contribution in [0.25, 0.3) is 0 Å². The predicted molar refractivity (Wildman–Crippen MR) is 61.0 cm³/mol. The van der Waals surface area contributed by atoms with Gasteiger partial charge in [0.15, 0.2) is 0 Å². The van der Waals surface area contributed by atoms with Crippen LogP contribution in [0.15, 0.2) is 29.2 Å². The SMILES string of the molecule is CCC1(CC)OC(=O)Sc2ccccc21. The van der Waals surface area contributed by atoms with Crippen LogP contribution in [0.3, 0.4) is 0 Å². The van der Waals surface area contributed by atoms with E-state index in [1.54, 1.807) is 0 Å². The fourth-order valence-corrected chi connectivity index (χ4v) is 2.92. The molecule has 0 saturated heterocycles. The lowest BCUT2D eigenvalue weighted by atomic mass is 9.88. The smallest absolute Gasteiger partial charge is 0.373 e. The van der Waals surface area contributed by atoms with E-state index in [1.165, 1.54) is 11.8 Å². The van der Waals surface area contributed by atoms with Gasteiger partial charge in [0.05, 0.1) is 0 Å². The van der Waals surface area contributed by atoms with Crippen molar-refractivity contribution in [1.29, 1.82) is 0 Å². The van der Waals surface area contributed by atoms with Crippen LogP contribution in [0.2, 0.25) is 0 Å². The molecule has 0 aromatic heterocycles. The zero-order valence-corrected chi connectivity index (χ0v) is 9.76. The van der Waals surface area contributed by atoms with Crippen molar-refractivity contribution >= 4 is 17.1 Å². The van der Waals surface area contributed by atoms with E-state index in [9.17, 15) is 4.79 Å². The number of fused-ring (bicyclic) bond motifs is 1. The minimum absolute atomic E-state index is 0.183. The molecule has 0 unspecified atom stereocenters. The third-order valence-corrected chi connectivity index (χ3v) is 3.82. The molecule has 2 rings (SSSR count). The second-order valence-electron chi connectivity index (χ2n) is 3.65. The van der Waals surface area contributed by atoms with Crippen molar-refractivity contribution in [3.05, 3.63) is 29.8 Å². The fraction of sp³-hybridized carbons (Fsp3) is 0.417. The van der Waals surface area contributed by atoms with E-state index in [2.05, 4.69) is 19.9 Å². The zero-order chi connectivity index (χ0) is 10.9. The molecule has 1 heterocycles. The maximum absolute atomic E-state index is 11.5. The van der Waals surface area contributed by atoms with Crippen molar-refractivity contribution in [1.82, 2.24) is 0 Å². The average molecular weight is 222 g/mol. The predicted octanol–water partition coefficient (Wildman–Crippen LogP) is 3.94. The molecular formula is C12H14O2S. The molecule has 15 heavy (non-hydrogen) atoms. The quantitative estimate of drug-likeness (QED) is 0.709. The number of carbonyl (C=O) groups is 1. The van der Waals surface area contributed by atoms with Gasteiger partial charge in [-0.1, -0.05) is 32.0 Å². The van der Waals surface area contributed by atoms with E-state index in [-0.39, 0.29) is 5.30 Å². The number of hydrogen-bond acceptors (Lipinski definition) is 3. The molecule has 1 aliphatic heterocycles. The summed E-state index contributed by atoms with van der Waals surface area (Å²) in [4.78, 5) is 12.5. The summed E-state index contributed by atoms with van der Waals surface area (Å²) in [5.41, 5.74) is 0.749. The van der Waals surface area contributed by atoms with Gasteiger partial charge in [-0.25, -0.2) is 4.79 Å². The molecule has 0 amide bonds. The Balaban J connectivity index is 2.55. The molecule has 80 valence electrons. The van der Waals surface area contributed by atoms with Gasteiger partial charge in [0.25, 0.3) is 0 Å². The summed E-state index contributed by atoms with van der Waals surface area (Å²) in [6.45, 7) is 4.12. The van der Waals surface area contributed by atoms with Gasteiger partial charge in [0, 0.05) is 10.5 Å². The molecule has 0 saturated carbocycles. The highest BCUT2D eigenvalue weighted by atomic mass is 32.2. The van der Waals surface area contributed by atoms with Crippen molar-refractivity contribution in [2.75, 3.05) is 0 Å². The van der Waals surface area contributed by atoms with Gasteiger partial charge < -0.3 is 4.74 Å². The maximum Gasteiger partial charge on any atom is 0.373 e. The Morgan fingerprint density at radius 3 is 2.60 bits per heavy atom. The monoisotopic (exact) mass is 222 g/mol. The zero-order valence-electron chi connectivity index (χ0n) is 8.95. The largest absolute Gasteiger partial charge is 0.446 e. The Labute approximate surface area is 94.0 Å². The molecule has 1 aromatic rings. The van der Waals surface area contributed by atoms with Crippen molar-refractivity contribution in [3.63, 3.8) is 0 Å². The Kier molecular flexibility index (Phi) is 2.74. The first-order valence-corrected chi connectivity index (χ1v) is 6.04. The van der Waals surface area contributed by atoms with Crippen molar-refractivity contribution in [3.8, 4) is 0 Å². The molecule has 0 fully saturated rings. The molecule has 3 heteroatoms. The highest BCUT2D eigenvalue weighted by Crippen LogP contribution is 2.44. The van der Waals surface area contributed by atoms with Crippen LogP contribution in [0, 0.1) is 0 Å². The minimum Gasteiger partial charge on any atom is -0.446 e. The maximum atomic E-state index is 11.5. The summed E-state index contributed by atoms with van der Waals surface area (Å²) < 4.78 is 5.52. The first-order chi connectivity index (χ1) is 7.22. The second-order valence-corrected chi connectivity index (χ2v) is 4.63. The molecule has 0 radical (unpaired) electrons. The third kappa shape index (κ3) is 1.65. The van der Waals surface area contributed by atoms with E-state index in [4.69, 9.17) is 4.74 Å². The van der Waals surface area contributed by atoms with Gasteiger partial charge in [-0.05, 0) is 30.7 Å². The average Bonchev–Trinajstić information content (AvgIpc) is 2.27. The number of rotatable bonds is 2. The Hall–Kier alpha value is -0.960. The van der Waals surface area contributed by atoms with Crippen molar-refractivity contribution in [2.45, 2.75) is 37.2 Å². The lowest BCUT2D eigenvalue weighted by molar-refractivity contribution is 0.0120. The van der Waals surface area contributed by atoms with E-state index < -0.39 is 5.60 Å². The van der Waals surface area contributed by atoms with Gasteiger partial charge in [0.1, 0.15) is 5.60 Å². The fourth-order valence-electron chi connectivity index (χ4n) is 2.03. The second kappa shape index (κ2) is 3.89. The summed E-state index contributed by atoms with van der Waals surface area (Å²) >= 11 is 1.18. The molecule has 0 N–H and O–H groups in total. The minimum atomic E-state index is -0.404. The van der Waals surface area contributed by atoms with E-state index in [1.807, 2.05) is 18.2 Å². The number of ether oxygens (including phenoxy) is 1. The Bertz CT molecular complexity index is 383. The van der Waals surface area contributed by atoms with Crippen LogP contribution < -0.4 is 0 Å². The van der Waals surface area contributed by atoms with E-state index >= 15 is 0 Å². The normalized spacial score (nSPS) is 18.1. The highest BCUT2D eigenvalue weighted by molar-refractivity contribution is 8.13. The summed E-state index contributed by atoms with van der Waals surface area (Å²) in [6.07, 6.45) is 1.65. The summed E-state index contributed by atoms with van der Waals surface area (Å²) in [5.74, 6) is 0. The lowest BCUT2D eigenvalue weighted by Crippen LogP contribution is -2.33. The van der Waals surface area contributed by atoms with Crippen LogP contribution in [-0.4, -0.2) is 5.30 Å². The molecule has 0 bridgehead atoms. The molecule has 0 atom stereocenters. The van der Waals surface area contributed by atoms with Crippen LogP contribution in [0.1, 0.15) is 32.3 Å². The number of thioether (sulfide) groups is 1. The van der Waals surface area contributed by atoms with E-state index in [0.29, 0.717) is 0 Å². The van der Waals surface area contributed by atoms with Crippen molar-refractivity contribution in [2.24, 2.45) is 0 Å². The Morgan fingerprint density at radius 1 is 1.27 bits per heavy atom.